The number of aryl methyl sites for hydroxylation is 1. The molecule has 0 saturated carbocycles. The first-order valence-corrected chi connectivity index (χ1v) is 5.97. The molecule has 0 amide bonds. The summed E-state index contributed by atoms with van der Waals surface area (Å²) in [5.41, 5.74) is -0.324. The molecule has 18 heavy (non-hydrogen) atoms. The van der Waals surface area contributed by atoms with Gasteiger partial charge >= 0.3 is 6.18 Å². The minimum Gasteiger partial charge on any atom is -0.314 e. The molecule has 0 N–H and O–H groups in total. The van der Waals surface area contributed by atoms with Crippen LogP contribution < -0.4 is 0 Å². The van der Waals surface area contributed by atoms with E-state index in [2.05, 4.69) is 26.1 Å². The van der Waals surface area contributed by atoms with Gasteiger partial charge in [0, 0.05) is 16.6 Å². The van der Waals surface area contributed by atoms with E-state index in [0.29, 0.717) is 22.4 Å². The third kappa shape index (κ3) is 2.40. The fourth-order valence-corrected chi connectivity index (χ4v) is 1.99. The van der Waals surface area contributed by atoms with Gasteiger partial charge in [-0.2, -0.15) is 13.2 Å². The fourth-order valence-electron chi connectivity index (χ4n) is 1.57. The summed E-state index contributed by atoms with van der Waals surface area (Å²) in [6.07, 6.45) is -2.88. The van der Waals surface area contributed by atoms with Crippen molar-refractivity contribution in [3.63, 3.8) is 0 Å². The molecule has 7 heteroatoms. The Labute approximate surface area is 110 Å². The number of rotatable bonds is 2. The summed E-state index contributed by atoms with van der Waals surface area (Å²) >= 11 is 3.23. The van der Waals surface area contributed by atoms with Crippen molar-refractivity contribution in [3.05, 3.63) is 34.6 Å². The van der Waals surface area contributed by atoms with Crippen molar-refractivity contribution in [3.8, 4) is 11.4 Å². The van der Waals surface area contributed by atoms with E-state index in [-0.39, 0.29) is 0 Å². The third-order valence-corrected chi connectivity index (χ3v) is 3.18. The first-order valence-electron chi connectivity index (χ1n) is 5.18. The molecule has 0 radical (unpaired) electrons. The maximum Gasteiger partial charge on any atom is 0.416 e. The summed E-state index contributed by atoms with van der Waals surface area (Å²) in [5.74, 6) is 0.412. The number of benzene rings is 1. The van der Waals surface area contributed by atoms with E-state index in [9.17, 15) is 13.2 Å². The number of hydrogen-bond acceptors (Lipinski definition) is 2. The van der Waals surface area contributed by atoms with Crippen LogP contribution in [0.4, 0.5) is 13.2 Å². The smallest absolute Gasteiger partial charge is 0.314 e. The molecule has 0 aliphatic carbocycles. The van der Waals surface area contributed by atoms with Gasteiger partial charge in [-0.15, -0.1) is 10.2 Å². The Morgan fingerprint density at radius 3 is 2.67 bits per heavy atom. The summed E-state index contributed by atoms with van der Waals surface area (Å²) in [4.78, 5) is 0. The van der Waals surface area contributed by atoms with E-state index in [1.165, 1.54) is 12.4 Å². The van der Waals surface area contributed by atoms with E-state index >= 15 is 0 Å². The van der Waals surface area contributed by atoms with E-state index in [1.807, 2.05) is 6.92 Å². The highest BCUT2D eigenvalue weighted by Crippen LogP contribution is 2.35. The van der Waals surface area contributed by atoms with Crippen molar-refractivity contribution >= 4 is 15.9 Å². The van der Waals surface area contributed by atoms with Crippen molar-refractivity contribution in [2.75, 3.05) is 0 Å². The van der Waals surface area contributed by atoms with Gasteiger partial charge in [0.15, 0.2) is 5.82 Å². The molecule has 0 bridgehead atoms. The monoisotopic (exact) mass is 319 g/mol. The van der Waals surface area contributed by atoms with Gasteiger partial charge in [0.25, 0.3) is 0 Å². The number of nitrogens with zero attached hydrogens (tertiary/aromatic N) is 3. The van der Waals surface area contributed by atoms with Gasteiger partial charge in [0.2, 0.25) is 0 Å². The molecular weight excluding hydrogens is 311 g/mol. The van der Waals surface area contributed by atoms with Crippen molar-refractivity contribution in [1.29, 1.82) is 0 Å². The molecule has 2 aromatic rings. The lowest BCUT2D eigenvalue weighted by Gasteiger charge is -2.10. The molecular formula is C11H9BrF3N3. The Bertz CT molecular complexity index is 563. The Hall–Kier alpha value is -1.37. The number of aromatic nitrogens is 3. The maximum absolute atomic E-state index is 12.7. The minimum absolute atomic E-state index is 0.379. The summed E-state index contributed by atoms with van der Waals surface area (Å²) in [5, 5.41) is 7.57. The largest absolute Gasteiger partial charge is 0.416 e. The first kappa shape index (κ1) is 13.1. The van der Waals surface area contributed by atoms with Crippen LogP contribution in [-0.2, 0) is 12.7 Å². The molecule has 0 atom stereocenters. The fraction of sp³-hybridized carbons (Fsp3) is 0.273. The van der Waals surface area contributed by atoms with Crippen LogP contribution in [0.3, 0.4) is 0 Å². The van der Waals surface area contributed by atoms with Gasteiger partial charge in [0.05, 0.1) is 5.56 Å². The summed E-state index contributed by atoms with van der Waals surface area (Å²) in [7, 11) is 0. The number of halogens is 4. The molecule has 2 rings (SSSR count). The molecule has 1 heterocycles. The highest BCUT2D eigenvalue weighted by Gasteiger charge is 2.31. The molecule has 0 aliphatic rings. The molecule has 0 aliphatic heterocycles. The first-order chi connectivity index (χ1) is 8.43. The van der Waals surface area contributed by atoms with Crippen LogP contribution in [0.15, 0.2) is 29.0 Å². The quantitative estimate of drug-likeness (QED) is 0.844. The van der Waals surface area contributed by atoms with Crippen LogP contribution in [0.5, 0.6) is 0 Å². The SMILES string of the molecule is CCn1cnnc1-c1cc(C(F)(F)F)ccc1Br. The van der Waals surface area contributed by atoms with E-state index in [0.717, 1.165) is 12.1 Å². The van der Waals surface area contributed by atoms with Gasteiger partial charge in [-0.25, -0.2) is 0 Å². The highest BCUT2D eigenvalue weighted by atomic mass is 79.9. The third-order valence-electron chi connectivity index (χ3n) is 2.49. The van der Waals surface area contributed by atoms with Crippen molar-refractivity contribution in [2.45, 2.75) is 19.6 Å². The lowest BCUT2D eigenvalue weighted by molar-refractivity contribution is -0.137. The second-order valence-electron chi connectivity index (χ2n) is 3.63. The Kier molecular flexibility index (Phi) is 3.43. The van der Waals surface area contributed by atoms with Gasteiger partial charge in [-0.1, -0.05) is 15.9 Å². The zero-order valence-corrected chi connectivity index (χ0v) is 11.0. The Balaban J connectivity index is 2.57. The van der Waals surface area contributed by atoms with E-state index in [4.69, 9.17) is 0 Å². The van der Waals surface area contributed by atoms with E-state index in [1.54, 1.807) is 4.57 Å². The predicted octanol–water partition coefficient (Wildman–Crippen LogP) is 3.75. The lowest BCUT2D eigenvalue weighted by atomic mass is 10.1. The summed E-state index contributed by atoms with van der Waals surface area (Å²) < 4.78 is 40.2. The van der Waals surface area contributed by atoms with Crippen LogP contribution in [0, 0.1) is 0 Å². The molecule has 1 aromatic carbocycles. The van der Waals surface area contributed by atoms with Crippen molar-refractivity contribution in [1.82, 2.24) is 14.8 Å². The molecule has 96 valence electrons. The summed E-state index contributed by atoms with van der Waals surface area (Å²) in [6, 6.07) is 3.47. The van der Waals surface area contributed by atoms with Crippen LogP contribution in [-0.4, -0.2) is 14.8 Å². The zero-order valence-electron chi connectivity index (χ0n) is 9.37. The van der Waals surface area contributed by atoms with Crippen LogP contribution in [0.1, 0.15) is 12.5 Å². The standard InChI is InChI=1S/C11H9BrF3N3/c1-2-18-6-16-17-10(18)8-5-7(11(13,14)15)3-4-9(8)12/h3-6H,2H2,1H3. The molecule has 0 saturated heterocycles. The molecule has 0 spiro atoms. The molecule has 1 aromatic heterocycles. The average molecular weight is 320 g/mol. The van der Waals surface area contributed by atoms with Crippen molar-refractivity contribution < 1.29 is 13.2 Å². The Morgan fingerprint density at radius 1 is 1.33 bits per heavy atom. The average Bonchev–Trinajstić information content (AvgIpc) is 2.76. The topological polar surface area (TPSA) is 30.7 Å². The number of alkyl halides is 3. The summed E-state index contributed by atoms with van der Waals surface area (Å²) in [6.45, 7) is 2.46. The van der Waals surface area contributed by atoms with Gasteiger partial charge < -0.3 is 4.57 Å². The molecule has 0 unspecified atom stereocenters. The normalized spacial score (nSPS) is 11.8. The van der Waals surface area contributed by atoms with Gasteiger partial charge in [-0.3, -0.25) is 0 Å². The van der Waals surface area contributed by atoms with Crippen LogP contribution in [0.25, 0.3) is 11.4 Å². The zero-order chi connectivity index (χ0) is 13.3. The van der Waals surface area contributed by atoms with Gasteiger partial charge in [0.1, 0.15) is 6.33 Å². The van der Waals surface area contributed by atoms with Crippen LogP contribution >= 0.6 is 15.9 Å². The van der Waals surface area contributed by atoms with Crippen LogP contribution in [0.2, 0.25) is 0 Å². The second-order valence-corrected chi connectivity index (χ2v) is 4.49. The lowest BCUT2D eigenvalue weighted by Crippen LogP contribution is -2.06. The minimum atomic E-state index is -4.37. The van der Waals surface area contributed by atoms with E-state index < -0.39 is 11.7 Å². The number of hydrogen-bond donors (Lipinski definition) is 0. The predicted molar refractivity (Wildman–Crippen MR) is 63.8 cm³/mol. The second kappa shape index (κ2) is 4.72. The molecule has 3 nitrogen and oxygen atoms in total. The maximum atomic E-state index is 12.7. The highest BCUT2D eigenvalue weighted by molar-refractivity contribution is 9.10. The van der Waals surface area contributed by atoms with Crippen molar-refractivity contribution in [2.24, 2.45) is 0 Å². The molecule has 0 fully saturated rings. The Morgan fingerprint density at radius 2 is 2.06 bits per heavy atom. The van der Waals surface area contributed by atoms with Gasteiger partial charge in [-0.05, 0) is 25.1 Å².